The Bertz CT molecular complexity index is 694. The molecule has 0 aliphatic rings. The Labute approximate surface area is 122 Å². The topological polar surface area (TPSA) is 71.0 Å². The van der Waals surface area contributed by atoms with Crippen molar-refractivity contribution < 1.29 is 9.84 Å². The summed E-state index contributed by atoms with van der Waals surface area (Å²) in [4.78, 5) is 4.33. The number of nitrogens with one attached hydrogen (secondary N) is 1. The SMILES string of the molecule is OCc1cccc(COc2ccc(-c3ccn[nH]3)nc2)c1. The molecule has 0 aliphatic heterocycles. The predicted molar refractivity (Wildman–Crippen MR) is 78.5 cm³/mol. The summed E-state index contributed by atoms with van der Waals surface area (Å²) < 4.78 is 5.69. The van der Waals surface area contributed by atoms with E-state index in [9.17, 15) is 0 Å². The van der Waals surface area contributed by atoms with Gasteiger partial charge in [0.2, 0.25) is 0 Å². The quantitative estimate of drug-likeness (QED) is 0.754. The first-order chi connectivity index (χ1) is 10.3. The monoisotopic (exact) mass is 281 g/mol. The lowest BCUT2D eigenvalue weighted by atomic mass is 10.1. The molecule has 0 saturated carbocycles. The molecule has 0 unspecified atom stereocenters. The lowest BCUT2D eigenvalue weighted by molar-refractivity contribution is 0.280. The van der Waals surface area contributed by atoms with Crippen LogP contribution in [0, 0.1) is 0 Å². The molecule has 2 aromatic heterocycles. The first-order valence-electron chi connectivity index (χ1n) is 6.62. The van der Waals surface area contributed by atoms with Crippen molar-refractivity contribution in [3.8, 4) is 17.1 Å². The number of ether oxygens (including phenoxy) is 1. The number of aliphatic hydroxyl groups excluding tert-OH is 1. The third-order valence-electron chi connectivity index (χ3n) is 3.09. The molecule has 106 valence electrons. The number of aromatic nitrogens is 3. The fourth-order valence-electron chi connectivity index (χ4n) is 2.01. The van der Waals surface area contributed by atoms with Crippen LogP contribution in [0.25, 0.3) is 11.4 Å². The Morgan fingerprint density at radius 2 is 2.00 bits per heavy atom. The van der Waals surface area contributed by atoms with Crippen molar-refractivity contribution in [1.29, 1.82) is 0 Å². The fraction of sp³-hybridized carbons (Fsp3) is 0.125. The molecule has 21 heavy (non-hydrogen) atoms. The van der Waals surface area contributed by atoms with Crippen molar-refractivity contribution in [2.75, 3.05) is 0 Å². The average molecular weight is 281 g/mol. The van der Waals surface area contributed by atoms with Crippen LogP contribution in [-0.4, -0.2) is 20.3 Å². The van der Waals surface area contributed by atoms with Crippen molar-refractivity contribution in [1.82, 2.24) is 15.2 Å². The van der Waals surface area contributed by atoms with Gasteiger partial charge in [-0.3, -0.25) is 10.1 Å². The summed E-state index contributed by atoms with van der Waals surface area (Å²) in [6.45, 7) is 0.479. The molecule has 0 fully saturated rings. The van der Waals surface area contributed by atoms with Gasteiger partial charge in [0.15, 0.2) is 0 Å². The molecule has 2 heterocycles. The van der Waals surface area contributed by atoms with E-state index in [1.165, 1.54) is 0 Å². The van der Waals surface area contributed by atoms with E-state index in [0.29, 0.717) is 12.4 Å². The van der Waals surface area contributed by atoms with E-state index in [2.05, 4.69) is 15.2 Å². The summed E-state index contributed by atoms with van der Waals surface area (Å²) in [5.74, 6) is 0.702. The highest BCUT2D eigenvalue weighted by Crippen LogP contribution is 2.18. The summed E-state index contributed by atoms with van der Waals surface area (Å²) >= 11 is 0. The zero-order valence-corrected chi connectivity index (χ0v) is 11.4. The van der Waals surface area contributed by atoms with E-state index < -0.39 is 0 Å². The van der Waals surface area contributed by atoms with Crippen LogP contribution >= 0.6 is 0 Å². The molecule has 0 atom stereocenters. The van der Waals surface area contributed by atoms with E-state index >= 15 is 0 Å². The highest BCUT2D eigenvalue weighted by atomic mass is 16.5. The Kier molecular flexibility index (Phi) is 3.93. The molecule has 0 bridgehead atoms. The molecule has 2 N–H and O–H groups in total. The number of nitrogens with zero attached hydrogens (tertiary/aromatic N) is 2. The van der Waals surface area contributed by atoms with Crippen molar-refractivity contribution in [2.45, 2.75) is 13.2 Å². The third-order valence-corrected chi connectivity index (χ3v) is 3.09. The maximum atomic E-state index is 9.11. The summed E-state index contributed by atoms with van der Waals surface area (Å²) in [6.07, 6.45) is 3.38. The zero-order chi connectivity index (χ0) is 14.5. The number of benzene rings is 1. The summed E-state index contributed by atoms with van der Waals surface area (Å²) in [5.41, 5.74) is 3.59. The molecule has 0 amide bonds. The molecule has 3 aromatic rings. The molecule has 3 rings (SSSR count). The van der Waals surface area contributed by atoms with Gasteiger partial charge in [0.05, 0.1) is 24.2 Å². The van der Waals surface area contributed by atoms with Crippen LogP contribution in [0.3, 0.4) is 0 Å². The van der Waals surface area contributed by atoms with Gasteiger partial charge in [-0.05, 0) is 29.3 Å². The van der Waals surface area contributed by atoms with Crippen molar-refractivity contribution in [2.24, 2.45) is 0 Å². The standard InChI is InChI=1S/C16H15N3O2/c20-10-12-2-1-3-13(8-12)11-21-14-4-5-15(17-9-14)16-6-7-18-19-16/h1-9,20H,10-11H2,(H,18,19). The molecular formula is C16H15N3O2. The second-order valence-electron chi connectivity index (χ2n) is 4.62. The maximum Gasteiger partial charge on any atom is 0.138 e. The maximum absolute atomic E-state index is 9.11. The third kappa shape index (κ3) is 3.27. The van der Waals surface area contributed by atoms with Gasteiger partial charge in [0.1, 0.15) is 12.4 Å². The second kappa shape index (κ2) is 6.19. The smallest absolute Gasteiger partial charge is 0.138 e. The van der Waals surface area contributed by atoms with Gasteiger partial charge in [0, 0.05) is 6.20 Å². The summed E-state index contributed by atoms with van der Waals surface area (Å²) in [7, 11) is 0. The Morgan fingerprint density at radius 1 is 1.10 bits per heavy atom. The van der Waals surface area contributed by atoms with E-state index in [-0.39, 0.29) is 6.61 Å². The number of rotatable bonds is 5. The minimum Gasteiger partial charge on any atom is -0.487 e. The predicted octanol–water partition coefficient (Wildman–Crippen LogP) is 2.54. The van der Waals surface area contributed by atoms with Crippen molar-refractivity contribution in [3.05, 3.63) is 66.0 Å². The van der Waals surface area contributed by atoms with Gasteiger partial charge in [0.25, 0.3) is 0 Å². The summed E-state index contributed by atoms with van der Waals surface area (Å²) in [6, 6.07) is 13.3. The van der Waals surface area contributed by atoms with Gasteiger partial charge < -0.3 is 9.84 Å². The fourth-order valence-corrected chi connectivity index (χ4v) is 2.01. The zero-order valence-electron chi connectivity index (χ0n) is 11.4. The van der Waals surface area contributed by atoms with Crippen LogP contribution in [0.15, 0.2) is 54.9 Å². The van der Waals surface area contributed by atoms with Gasteiger partial charge in [-0.15, -0.1) is 0 Å². The molecule has 5 heteroatoms. The molecule has 0 spiro atoms. The molecule has 0 saturated heterocycles. The average Bonchev–Trinajstić information content (AvgIpc) is 3.08. The van der Waals surface area contributed by atoms with E-state index in [1.54, 1.807) is 12.4 Å². The van der Waals surface area contributed by atoms with Gasteiger partial charge >= 0.3 is 0 Å². The molecule has 5 nitrogen and oxygen atoms in total. The van der Waals surface area contributed by atoms with Gasteiger partial charge in [-0.1, -0.05) is 24.3 Å². The molecular weight excluding hydrogens is 266 g/mol. The second-order valence-corrected chi connectivity index (χ2v) is 4.62. The lowest BCUT2D eigenvalue weighted by Gasteiger charge is -2.07. The van der Waals surface area contributed by atoms with Crippen molar-refractivity contribution in [3.63, 3.8) is 0 Å². The van der Waals surface area contributed by atoms with Crippen LogP contribution < -0.4 is 4.74 Å². The number of aromatic amines is 1. The first kappa shape index (κ1) is 13.3. The van der Waals surface area contributed by atoms with Crippen LogP contribution in [-0.2, 0) is 13.2 Å². The Balaban J connectivity index is 1.65. The molecule has 0 radical (unpaired) electrons. The normalized spacial score (nSPS) is 10.5. The van der Waals surface area contributed by atoms with E-state index in [0.717, 1.165) is 22.5 Å². The number of H-pyrrole nitrogens is 1. The van der Waals surface area contributed by atoms with Gasteiger partial charge in [-0.25, -0.2) is 0 Å². The largest absolute Gasteiger partial charge is 0.487 e. The number of pyridine rings is 1. The number of aliphatic hydroxyl groups is 1. The first-order valence-corrected chi connectivity index (χ1v) is 6.62. The Hall–Kier alpha value is -2.66. The minimum atomic E-state index is 0.0360. The number of hydrogen-bond donors (Lipinski definition) is 2. The molecule has 1 aromatic carbocycles. The van der Waals surface area contributed by atoms with Crippen LogP contribution in [0.2, 0.25) is 0 Å². The van der Waals surface area contributed by atoms with Crippen LogP contribution in [0.5, 0.6) is 5.75 Å². The van der Waals surface area contributed by atoms with E-state index in [1.807, 2.05) is 42.5 Å². The minimum absolute atomic E-state index is 0.0360. The number of hydrogen-bond acceptors (Lipinski definition) is 4. The van der Waals surface area contributed by atoms with E-state index in [4.69, 9.17) is 9.84 Å². The highest BCUT2D eigenvalue weighted by molar-refractivity contribution is 5.53. The van der Waals surface area contributed by atoms with Crippen LogP contribution in [0.4, 0.5) is 0 Å². The molecule has 0 aliphatic carbocycles. The highest BCUT2D eigenvalue weighted by Gasteiger charge is 2.02. The lowest BCUT2D eigenvalue weighted by Crippen LogP contribution is -1.97. The Morgan fingerprint density at radius 3 is 2.71 bits per heavy atom. The van der Waals surface area contributed by atoms with Crippen molar-refractivity contribution >= 4 is 0 Å². The summed E-state index contributed by atoms with van der Waals surface area (Å²) in [5, 5.41) is 15.9. The van der Waals surface area contributed by atoms with Gasteiger partial charge in [-0.2, -0.15) is 5.10 Å². The van der Waals surface area contributed by atoms with Crippen LogP contribution in [0.1, 0.15) is 11.1 Å².